The Labute approximate surface area is 128 Å². The van der Waals surface area contributed by atoms with E-state index in [1.54, 1.807) is 7.11 Å². The Morgan fingerprint density at radius 3 is 2.24 bits per heavy atom. The van der Waals surface area contributed by atoms with E-state index in [9.17, 15) is 0 Å². The lowest BCUT2D eigenvalue weighted by Gasteiger charge is -2.21. The van der Waals surface area contributed by atoms with Crippen LogP contribution in [0.15, 0.2) is 48.5 Å². The zero-order valence-corrected chi connectivity index (χ0v) is 13.6. The van der Waals surface area contributed by atoms with Gasteiger partial charge in [0, 0.05) is 17.8 Å². The zero-order valence-electron chi connectivity index (χ0n) is 13.6. The molecule has 2 rings (SSSR count). The van der Waals surface area contributed by atoms with Crippen molar-refractivity contribution in [2.24, 2.45) is 0 Å². The SMILES string of the molecule is COc1cccc(NC(C)c2ccc(C(C)(C)C)cc2)c1. The van der Waals surface area contributed by atoms with Gasteiger partial charge in [-0.25, -0.2) is 0 Å². The maximum atomic E-state index is 5.26. The number of rotatable bonds is 4. The molecule has 2 aromatic carbocycles. The summed E-state index contributed by atoms with van der Waals surface area (Å²) in [5.74, 6) is 0.871. The normalized spacial score (nSPS) is 12.8. The second kappa shape index (κ2) is 6.21. The number of methoxy groups -OCH3 is 1. The number of hydrogen-bond donors (Lipinski definition) is 1. The molecule has 0 aromatic heterocycles. The summed E-state index contributed by atoms with van der Waals surface area (Å²) >= 11 is 0. The fourth-order valence-electron chi connectivity index (χ4n) is 2.32. The van der Waals surface area contributed by atoms with Crippen molar-refractivity contribution in [3.8, 4) is 5.75 Å². The van der Waals surface area contributed by atoms with Crippen LogP contribution < -0.4 is 10.1 Å². The van der Waals surface area contributed by atoms with Crippen LogP contribution in [-0.2, 0) is 5.41 Å². The van der Waals surface area contributed by atoms with Gasteiger partial charge >= 0.3 is 0 Å². The van der Waals surface area contributed by atoms with Crippen LogP contribution in [0, 0.1) is 0 Å². The molecule has 112 valence electrons. The van der Waals surface area contributed by atoms with Gasteiger partial charge in [0.2, 0.25) is 0 Å². The van der Waals surface area contributed by atoms with Crippen LogP contribution >= 0.6 is 0 Å². The number of benzene rings is 2. The number of anilines is 1. The molecule has 1 unspecified atom stereocenters. The molecule has 2 aromatic rings. The lowest BCUT2D eigenvalue weighted by Crippen LogP contribution is -2.12. The molecule has 0 aliphatic carbocycles. The molecular weight excluding hydrogens is 258 g/mol. The summed E-state index contributed by atoms with van der Waals surface area (Å²) in [7, 11) is 1.69. The van der Waals surface area contributed by atoms with Crippen molar-refractivity contribution >= 4 is 5.69 Å². The van der Waals surface area contributed by atoms with E-state index in [2.05, 4.69) is 63.3 Å². The van der Waals surface area contributed by atoms with Gasteiger partial charge in [-0.3, -0.25) is 0 Å². The monoisotopic (exact) mass is 283 g/mol. The van der Waals surface area contributed by atoms with Crippen molar-refractivity contribution in [2.45, 2.75) is 39.2 Å². The Bertz CT molecular complexity index is 581. The molecule has 2 nitrogen and oxygen atoms in total. The molecule has 0 radical (unpaired) electrons. The van der Waals surface area contributed by atoms with Gasteiger partial charge in [-0.05, 0) is 35.6 Å². The van der Waals surface area contributed by atoms with Gasteiger partial charge in [0.15, 0.2) is 0 Å². The van der Waals surface area contributed by atoms with Crippen molar-refractivity contribution in [3.05, 3.63) is 59.7 Å². The van der Waals surface area contributed by atoms with Gasteiger partial charge in [-0.15, -0.1) is 0 Å². The summed E-state index contributed by atoms with van der Waals surface area (Å²) < 4.78 is 5.26. The first kappa shape index (κ1) is 15.4. The summed E-state index contributed by atoms with van der Waals surface area (Å²) in [6.45, 7) is 8.88. The van der Waals surface area contributed by atoms with Crippen LogP contribution in [0.3, 0.4) is 0 Å². The fraction of sp³-hybridized carbons (Fsp3) is 0.368. The van der Waals surface area contributed by atoms with Crippen molar-refractivity contribution in [3.63, 3.8) is 0 Å². The minimum Gasteiger partial charge on any atom is -0.497 e. The van der Waals surface area contributed by atoms with E-state index >= 15 is 0 Å². The largest absolute Gasteiger partial charge is 0.497 e. The molecule has 0 aliphatic rings. The Morgan fingerprint density at radius 2 is 1.67 bits per heavy atom. The van der Waals surface area contributed by atoms with Crippen LogP contribution in [0.25, 0.3) is 0 Å². The van der Waals surface area contributed by atoms with Gasteiger partial charge < -0.3 is 10.1 Å². The lowest BCUT2D eigenvalue weighted by molar-refractivity contribution is 0.415. The van der Waals surface area contributed by atoms with E-state index in [-0.39, 0.29) is 11.5 Å². The summed E-state index contributed by atoms with van der Waals surface area (Å²) in [5, 5.41) is 3.51. The molecule has 0 aliphatic heterocycles. The maximum Gasteiger partial charge on any atom is 0.120 e. The summed E-state index contributed by atoms with van der Waals surface area (Å²) in [6, 6.07) is 17.1. The van der Waals surface area contributed by atoms with Crippen LogP contribution in [0.2, 0.25) is 0 Å². The van der Waals surface area contributed by atoms with E-state index in [4.69, 9.17) is 4.74 Å². The third kappa shape index (κ3) is 4.01. The zero-order chi connectivity index (χ0) is 15.5. The minimum atomic E-state index is 0.196. The van der Waals surface area contributed by atoms with Gasteiger partial charge in [-0.2, -0.15) is 0 Å². The molecule has 1 atom stereocenters. The average Bonchev–Trinajstić information content (AvgIpc) is 2.46. The highest BCUT2D eigenvalue weighted by atomic mass is 16.5. The summed E-state index contributed by atoms with van der Waals surface area (Å²) in [6.07, 6.45) is 0. The van der Waals surface area contributed by atoms with Crippen LogP contribution in [0.1, 0.15) is 44.9 Å². The van der Waals surface area contributed by atoms with Crippen LogP contribution in [0.4, 0.5) is 5.69 Å². The molecule has 2 heteroatoms. The molecule has 0 bridgehead atoms. The molecular formula is C19H25NO. The Kier molecular flexibility index (Phi) is 4.56. The molecule has 0 spiro atoms. The first-order valence-electron chi connectivity index (χ1n) is 7.41. The molecule has 21 heavy (non-hydrogen) atoms. The lowest BCUT2D eigenvalue weighted by atomic mass is 9.86. The van der Waals surface area contributed by atoms with Gasteiger partial charge in [-0.1, -0.05) is 51.1 Å². The van der Waals surface area contributed by atoms with Crippen molar-refractivity contribution in [2.75, 3.05) is 12.4 Å². The molecule has 1 N–H and O–H groups in total. The molecule has 0 fully saturated rings. The highest BCUT2D eigenvalue weighted by molar-refractivity contribution is 5.50. The second-order valence-electron chi connectivity index (χ2n) is 6.47. The predicted octanol–water partition coefficient (Wildman–Crippen LogP) is 5.17. The quantitative estimate of drug-likeness (QED) is 0.836. The highest BCUT2D eigenvalue weighted by Crippen LogP contribution is 2.26. The van der Waals surface area contributed by atoms with E-state index < -0.39 is 0 Å². The van der Waals surface area contributed by atoms with E-state index in [0.29, 0.717) is 0 Å². The summed E-state index contributed by atoms with van der Waals surface area (Å²) in [5.41, 5.74) is 3.91. The molecule has 0 amide bonds. The smallest absolute Gasteiger partial charge is 0.120 e. The first-order chi connectivity index (χ1) is 9.90. The number of nitrogens with one attached hydrogen (secondary N) is 1. The number of hydrogen-bond acceptors (Lipinski definition) is 2. The van der Waals surface area contributed by atoms with Crippen LogP contribution in [0.5, 0.6) is 5.75 Å². The maximum absolute atomic E-state index is 5.26. The Morgan fingerprint density at radius 1 is 1.00 bits per heavy atom. The van der Waals surface area contributed by atoms with Gasteiger partial charge in [0.05, 0.1) is 7.11 Å². The van der Waals surface area contributed by atoms with Gasteiger partial charge in [0.25, 0.3) is 0 Å². The van der Waals surface area contributed by atoms with Crippen LogP contribution in [-0.4, -0.2) is 7.11 Å². The van der Waals surface area contributed by atoms with E-state index in [1.165, 1.54) is 11.1 Å². The van der Waals surface area contributed by atoms with E-state index in [0.717, 1.165) is 11.4 Å². The molecule has 0 saturated carbocycles. The number of ether oxygens (including phenoxy) is 1. The van der Waals surface area contributed by atoms with Crippen molar-refractivity contribution in [1.82, 2.24) is 0 Å². The highest BCUT2D eigenvalue weighted by Gasteiger charge is 2.14. The topological polar surface area (TPSA) is 21.3 Å². The third-order valence-electron chi connectivity index (χ3n) is 3.73. The molecule has 0 heterocycles. The minimum absolute atomic E-state index is 0.196. The fourth-order valence-corrected chi connectivity index (χ4v) is 2.32. The first-order valence-corrected chi connectivity index (χ1v) is 7.41. The third-order valence-corrected chi connectivity index (χ3v) is 3.73. The summed E-state index contributed by atoms with van der Waals surface area (Å²) in [4.78, 5) is 0. The predicted molar refractivity (Wildman–Crippen MR) is 90.2 cm³/mol. The van der Waals surface area contributed by atoms with E-state index in [1.807, 2.05) is 18.2 Å². The Balaban J connectivity index is 2.11. The van der Waals surface area contributed by atoms with Crippen molar-refractivity contribution < 1.29 is 4.74 Å². The average molecular weight is 283 g/mol. The Hall–Kier alpha value is -1.96. The van der Waals surface area contributed by atoms with Gasteiger partial charge in [0.1, 0.15) is 5.75 Å². The molecule has 0 saturated heterocycles. The second-order valence-corrected chi connectivity index (χ2v) is 6.47. The standard InChI is InChI=1S/C19H25NO/c1-14(20-17-7-6-8-18(13-17)21-5)15-9-11-16(12-10-15)19(2,3)4/h6-14,20H,1-5H3. The van der Waals surface area contributed by atoms with Crippen molar-refractivity contribution in [1.29, 1.82) is 0 Å².